The van der Waals surface area contributed by atoms with Crippen molar-refractivity contribution >= 4 is 47.2 Å². The summed E-state index contributed by atoms with van der Waals surface area (Å²) in [6.45, 7) is 1.03. The largest absolute Gasteiger partial charge is 0.396 e. The number of likely N-dealkylation sites (tertiary alicyclic amines) is 1. The van der Waals surface area contributed by atoms with Gasteiger partial charge in [-0.05, 0) is 44.1 Å². The van der Waals surface area contributed by atoms with Gasteiger partial charge in [0, 0.05) is 11.6 Å². The lowest BCUT2D eigenvalue weighted by molar-refractivity contribution is 0.0871. The van der Waals surface area contributed by atoms with Crippen LogP contribution < -0.4 is 11.1 Å². The van der Waals surface area contributed by atoms with Crippen molar-refractivity contribution in [3.8, 4) is 0 Å². The zero-order valence-corrected chi connectivity index (χ0v) is 17.4. The minimum atomic E-state index is -0.207. The van der Waals surface area contributed by atoms with Crippen LogP contribution >= 0.6 is 35.6 Å². The molecule has 1 aliphatic rings. The molecular formula is C20H24Cl3N3O. The average Bonchev–Trinajstić information content (AvgIpc) is 2.65. The van der Waals surface area contributed by atoms with Crippen LogP contribution in [0.5, 0.6) is 0 Å². The summed E-state index contributed by atoms with van der Waals surface area (Å²) in [6, 6.07) is 13.3. The number of nitrogens with zero attached hydrogens (tertiary/aromatic N) is 1. The van der Waals surface area contributed by atoms with Gasteiger partial charge in [0.05, 0.1) is 21.8 Å². The number of nitrogen functional groups attached to an aromatic ring is 1. The SMILES string of the molecule is CN1CCCC[C@@H]1[C@H](NC(=O)c1cc(Cl)c(N)c(Cl)c1)c1ccccc1.Cl. The number of piperidine rings is 1. The zero-order chi connectivity index (χ0) is 18.7. The van der Waals surface area contributed by atoms with E-state index in [2.05, 4.69) is 29.4 Å². The van der Waals surface area contributed by atoms with E-state index in [0.29, 0.717) is 5.56 Å². The summed E-state index contributed by atoms with van der Waals surface area (Å²) in [5.74, 6) is -0.207. The Labute approximate surface area is 176 Å². The Morgan fingerprint density at radius 1 is 1.19 bits per heavy atom. The molecule has 2 atom stereocenters. The Hall–Kier alpha value is -1.46. The monoisotopic (exact) mass is 427 g/mol. The molecule has 2 aromatic carbocycles. The normalized spacial score (nSPS) is 18.4. The van der Waals surface area contributed by atoms with Crippen LogP contribution in [-0.4, -0.2) is 30.4 Å². The van der Waals surface area contributed by atoms with Crippen molar-refractivity contribution in [1.29, 1.82) is 0 Å². The Bertz CT molecular complexity index is 762. The Balaban J connectivity index is 0.00000261. The Kier molecular flexibility index (Phi) is 7.80. The molecular weight excluding hydrogens is 405 g/mol. The molecule has 0 saturated carbocycles. The van der Waals surface area contributed by atoms with E-state index in [1.165, 1.54) is 6.42 Å². The molecule has 0 spiro atoms. The predicted octanol–water partition coefficient (Wildman–Crippen LogP) is 4.95. The molecule has 2 aromatic rings. The first-order valence-corrected chi connectivity index (χ1v) is 9.53. The number of amides is 1. The molecule has 0 bridgehead atoms. The van der Waals surface area contributed by atoms with Gasteiger partial charge in [-0.3, -0.25) is 4.79 Å². The Morgan fingerprint density at radius 3 is 2.41 bits per heavy atom. The van der Waals surface area contributed by atoms with Gasteiger partial charge in [-0.2, -0.15) is 0 Å². The summed E-state index contributed by atoms with van der Waals surface area (Å²) in [5, 5.41) is 3.76. The van der Waals surface area contributed by atoms with Crippen molar-refractivity contribution in [3.63, 3.8) is 0 Å². The lowest BCUT2D eigenvalue weighted by Gasteiger charge is -2.38. The third-order valence-corrected chi connectivity index (χ3v) is 5.62. The second-order valence-corrected chi connectivity index (χ2v) is 7.57. The lowest BCUT2D eigenvalue weighted by Crippen LogP contribution is -2.47. The topological polar surface area (TPSA) is 58.4 Å². The van der Waals surface area contributed by atoms with Gasteiger partial charge in [0.2, 0.25) is 0 Å². The number of rotatable bonds is 4. The first-order valence-electron chi connectivity index (χ1n) is 8.78. The number of likely N-dealkylation sites (N-methyl/N-ethyl adjacent to an activating group) is 1. The number of nitrogens with one attached hydrogen (secondary N) is 1. The van der Waals surface area contributed by atoms with Gasteiger partial charge in [0.15, 0.2) is 0 Å². The van der Waals surface area contributed by atoms with E-state index in [4.69, 9.17) is 28.9 Å². The molecule has 1 saturated heterocycles. The molecule has 1 amide bonds. The number of anilines is 1. The highest BCUT2D eigenvalue weighted by molar-refractivity contribution is 6.39. The summed E-state index contributed by atoms with van der Waals surface area (Å²) in [4.78, 5) is 15.2. The van der Waals surface area contributed by atoms with Crippen LogP contribution in [0.2, 0.25) is 10.0 Å². The van der Waals surface area contributed by atoms with Gasteiger partial charge in [0.1, 0.15) is 0 Å². The van der Waals surface area contributed by atoms with Crippen LogP contribution in [0.1, 0.15) is 41.2 Å². The van der Waals surface area contributed by atoms with Gasteiger partial charge < -0.3 is 16.0 Å². The van der Waals surface area contributed by atoms with Gasteiger partial charge in [-0.25, -0.2) is 0 Å². The molecule has 3 N–H and O–H groups in total. The molecule has 1 fully saturated rings. The molecule has 3 rings (SSSR count). The van der Waals surface area contributed by atoms with Gasteiger partial charge in [-0.1, -0.05) is 60.0 Å². The highest BCUT2D eigenvalue weighted by Crippen LogP contribution is 2.31. The van der Waals surface area contributed by atoms with Crippen LogP contribution in [-0.2, 0) is 0 Å². The van der Waals surface area contributed by atoms with Crippen molar-refractivity contribution < 1.29 is 4.79 Å². The van der Waals surface area contributed by atoms with E-state index < -0.39 is 0 Å². The number of carbonyl (C=O) groups is 1. The molecule has 0 aliphatic carbocycles. The first kappa shape index (κ1) is 21.8. The molecule has 0 unspecified atom stereocenters. The van der Waals surface area contributed by atoms with E-state index >= 15 is 0 Å². The molecule has 146 valence electrons. The van der Waals surface area contributed by atoms with Crippen LogP contribution in [0, 0.1) is 0 Å². The maximum Gasteiger partial charge on any atom is 0.251 e. The van der Waals surface area contributed by atoms with Crippen LogP contribution in [0.15, 0.2) is 42.5 Å². The number of hydrogen-bond acceptors (Lipinski definition) is 3. The van der Waals surface area contributed by atoms with Crippen molar-refractivity contribution in [2.45, 2.75) is 31.3 Å². The lowest BCUT2D eigenvalue weighted by atomic mass is 9.91. The number of hydrogen-bond donors (Lipinski definition) is 2. The minimum Gasteiger partial charge on any atom is -0.396 e. The van der Waals surface area contributed by atoms with E-state index in [0.717, 1.165) is 24.9 Å². The van der Waals surface area contributed by atoms with Crippen LogP contribution in [0.25, 0.3) is 0 Å². The standard InChI is InChI=1S/C20H23Cl2N3O.ClH/c1-25-10-6-5-9-17(25)19(13-7-3-2-4-8-13)24-20(26)14-11-15(21)18(23)16(22)12-14;/h2-4,7-8,11-12,17,19H,5-6,9-10,23H2,1H3,(H,24,26);1H/t17-,19-;/m1./s1. The van der Waals surface area contributed by atoms with Gasteiger partial charge >= 0.3 is 0 Å². The molecule has 7 heteroatoms. The van der Waals surface area contributed by atoms with Crippen LogP contribution in [0.3, 0.4) is 0 Å². The van der Waals surface area contributed by atoms with E-state index in [-0.39, 0.29) is 46.1 Å². The predicted molar refractivity (Wildman–Crippen MR) is 115 cm³/mol. The van der Waals surface area contributed by atoms with Gasteiger partial charge in [0.25, 0.3) is 5.91 Å². The number of carbonyl (C=O) groups excluding carboxylic acids is 1. The maximum absolute atomic E-state index is 12.9. The van der Waals surface area contributed by atoms with Gasteiger partial charge in [-0.15, -0.1) is 12.4 Å². The van der Waals surface area contributed by atoms with Crippen molar-refractivity contribution in [3.05, 3.63) is 63.6 Å². The average molecular weight is 429 g/mol. The van der Waals surface area contributed by atoms with Crippen molar-refractivity contribution in [2.75, 3.05) is 19.3 Å². The molecule has 0 aromatic heterocycles. The van der Waals surface area contributed by atoms with Crippen molar-refractivity contribution in [1.82, 2.24) is 10.2 Å². The molecule has 4 nitrogen and oxygen atoms in total. The maximum atomic E-state index is 12.9. The smallest absolute Gasteiger partial charge is 0.251 e. The third kappa shape index (κ3) is 5.08. The highest BCUT2D eigenvalue weighted by atomic mass is 35.5. The van der Waals surface area contributed by atoms with E-state index in [9.17, 15) is 4.79 Å². The van der Waals surface area contributed by atoms with Crippen LogP contribution in [0.4, 0.5) is 5.69 Å². The molecule has 1 aliphatic heterocycles. The van der Waals surface area contributed by atoms with E-state index in [1.54, 1.807) is 12.1 Å². The second kappa shape index (κ2) is 9.65. The fourth-order valence-electron chi connectivity index (χ4n) is 3.52. The van der Waals surface area contributed by atoms with E-state index in [1.807, 2.05) is 18.2 Å². The summed E-state index contributed by atoms with van der Waals surface area (Å²) in [6.07, 6.45) is 3.39. The quantitative estimate of drug-likeness (QED) is 0.677. The number of halogens is 3. The Morgan fingerprint density at radius 2 is 1.81 bits per heavy atom. The summed E-state index contributed by atoms with van der Waals surface area (Å²) >= 11 is 12.2. The first-order chi connectivity index (χ1) is 12.5. The second-order valence-electron chi connectivity index (χ2n) is 6.76. The summed E-state index contributed by atoms with van der Waals surface area (Å²) in [5.41, 5.74) is 7.57. The molecule has 27 heavy (non-hydrogen) atoms. The zero-order valence-electron chi connectivity index (χ0n) is 15.1. The number of benzene rings is 2. The molecule has 0 radical (unpaired) electrons. The summed E-state index contributed by atoms with van der Waals surface area (Å²) in [7, 11) is 2.11. The molecule has 1 heterocycles. The fourth-order valence-corrected chi connectivity index (χ4v) is 4.01. The number of nitrogens with two attached hydrogens (primary N) is 1. The van der Waals surface area contributed by atoms with Crippen molar-refractivity contribution in [2.24, 2.45) is 0 Å². The fraction of sp³-hybridized carbons (Fsp3) is 0.350. The third-order valence-electron chi connectivity index (χ3n) is 5.00. The summed E-state index contributed by atoms with van der Waals surface area (Å²) < 4.78 is 0. The minimum absolute atomic E-state index is 0. The highest BCUT2D eigenvalue weighted by Gasteiger charge is 2.30.